The molecule has 0 radical (unpaired) electrons. The third-order valence-electron chi connectivity index (χ3n) is 4.27. The Morgan fingerprint density at radius 3 is 2.54 bits per heavy atom. The number of hydrogen-bond acceptors (Lipinski definition) is 4. The van der Waals surface area contributed by atoms with Crippen molar-refractivity contribution in [2.24, 2.45) is 13.0 Å². The highest BCUT2D eigenvalue weighted by molar-refractivity contribution is 5.38. The van der Waals surface area contributed by atoms with Gasteiger partial charge in [0.2, 0.25) is 0 Å². The van der Waals surface area contributed by atoms with Gasteiger partial charge in [0.15, 0.2) is 0 Å². The van der Waals surface area contributed by atoms with Gasteiger partial charge in [-0.25, -0.2) is 9.97 Å². The van der Waals surface area contributed by atoms with Crippen molar-refractivity contribution in [3.8, 4) is 0 Å². The minimum atomic E-state index is -4.38. The topological polar surface area (TPSA) is 52.0 Å². The molecule has 0 saturated carbocycles. The summed E-state index contributed by atoms with van der Waals surface area (Å²) >= 11 is 0. The zero-order valence-electron chi connectivity index (χ0n) is 13.3. The molecular weight excluding hydrogens is 321 g/mol. The largest absolute Gasteiger partial charge is 0.417 e. The summed E-state index contributed by atoms with van der Waals surface area (Å²) in [6.07, 6.45) is 1.76. The second kappa shape index (κ2) is 6.80. The Kier molecular flexibility index (Phi) is 4.75. The Hall–Kier alpha value is -2.09. The molecule has 3 heterocycles. The van der Waals surface area contributed by atoms with Crippen LogP contribution in [0, 0.1) is 5.92 Å². The first-order valence-electron chi connectivity index (χ1n) is 7.80. The zero-order valence-corrected chi connectivity index (χ0v) is 13.3. The molecule has 0 aromatic carbocycles. The molecular formula is C16H19F3N4O. The first-order chi connectivity index (χ1) is 11.4. The van der Waals surface area contributed by atoms with Crippen LogP contribution in [0.4, 0.5) is 19.0 Å². The fourth-order valence-corrected chi connectivity index (χ4v) is 2.93. The van der Waals surface area contributed by atoms with E-state index < -0.39 is 11.7 Å². The standard InChI is InChI=1S/C16H19F3N4O/c1-23-7-6-20-15(23)14(11-4-8-24-9-5-11)22-13-3-2-12(10-21-13)16(17,18)19/h2-3,6-7,10-11,14H,4-5,8-9H2,1H3,(H,21,22)/t14-/m1/s1. The summed E-state index contributed by atoms with van der Waals surface area (Å²) in [6, 6.07) is 2.27. The SMILES string of the molecule is Cn1ccnc1[C@H](Nc1ccc(C(F)(F)F)cn1)C1CCOCC1. The van der Waals surface area contributed by atoms with E-state index in [0.29, 0.717) is 19.0 Å². The average molecular weight is 340 g/mol. The Bertz CT molecular complexity index is 663. The van der Waals surface area contributed by atoms with Gasteiger partial charge in [-0.15, -0.1) is 0 Å². The molecule has 0 spiro atoms. The van der Waals surface area contributed by atoms with Gasteiger partial charge >= 0.3 is 6.18 Å². The highest BCUT2D eigenvalue weighted by atomic mass is 19.4. The van der Waals surface area contributed by atoms with Crippen molar-refractivity contribution in [2.45, 2.75) is 25.1 Å². The molecule has 0 bridgehead atoms. The molecule has 3 rings (SSSR count). The molecule has 0 amide bonds. The number of nitrogens with zero attached hydrogens (tertiary/aromatic N) is 3. The molecule has 1 saturated heterocycles. The maximum Gasteiger partial charge on any atom is 0.417 e. The summed E-state index contributed by atoms with van der Waals surface area (Å²) in [5.41, 5.74) is -0.757. The van der Waals surface area contributed by atoms with Gasteiger partial charge in [0, 0.05) is 38.9 Å². The Morgan fingerprint density at radius 2 is 2.00 bits per heavy atom. The quantitative estimate of drug-likeness (QED) is 0.927. The third kappa shape index (κ3) is 3.69. The van der Waals surface area contributed by atoms with E-state index in [1.165, 1.54) is 6.07 Å². The summed E-state index contributed by atoms with van der Waals surface area (Å²) in [6.45, 7) is 1.35. The smallest absolute Gasteiger partial charge is 0.381 e. The van der Waals surface area contributed by atoms with Crippen molar-refractivity contribution >= 4 is 5.82 Å². The van der Waals surface area contributed by atoms with Gasteiger partial charge in [0.1, 0.15) is 11.6 Å². The Labute approximate surface area is 137 Å². The molecule has 8 heteroatoms. The summed E-state index contributed by atoms with van der Waals surface area (Å²) in [4.78, 5) is 8.32. The lowest BCUT2D eigenvalue weighted by atomic mass is 9.91. The van der Waals surface area contributed by atoms with Crippen LogP contribution in [-0.2, 0) is 18.0 Å². The summed E-state index contributed by atoms with van der Waals surface area (Å²) in [5, 5.41) is 3.25. The molecule has 0 unspecified atom stereocenters. The summed E-state index contributed by atoms with van der Waals surface area (Å²) in [5.74, 6) is 1.52. The van der Waals surface area contributed by atoms with Crippen LogP contribution in [0.5, 0.6) is 0 Å². The van der Waals surface area contributed by atoms with Crippen LogP contribution >= 0.6 is 0 Å². The number of nitrogens with one attached hydrogen (secondary N) is 1. The predicted octanol–water partition coefficient (Wildman–Crippen LogP) is 3.41. The van der Waals surface area contributed by atoms with Crippen molar-refractivity contribution in [1.82, 2.24) is 14.5 Å². The van der Waals surface area contributed by atoms with Gasteiger partial charge in [-0.2, -0.15) is 13.2 Å². The highest BCUT2D eigenvalue weighted by Gasteiger charge is 2.31. The van der Waals surface area contributed by atoms with Crippen LogP contribution in [0.1, 0.15) is 30.3 Å². The minimum Gasteiger partial charge on any atom is -0.381 e. The molecule has 2 aromatic heterocycles. The normalized spacial score (nSPS) is 17.7. The van der Waals surface area contributed by atoms with Gasteiger partial charge < -0.3 is 14.6 Å². The monoisotopic (exact) mass is 340 g/mol. The van der Waals surface area contributed by atoms with Crippen molar-refractivity contribution < 1.29 is 17.9 Å². The molecule has 130 valence electrons. The molecule has 1 N–H and O–H groups in total. The highest BCUT2D eigenvalue weighted by Crippen LogP contribution is 2.33. The number of ether oxygens (including phenoxy) is 1. The molecule has 2 aromatic rings. The number of pyridine rings is 1. The lowest BCUT2D eigenvalue weighted by Gasteiger charge is -2.31. The predicted molar refractivity (Wildman–Crippen MR) is 82.4 cm³/mol. The van der Waals surface area contributed by atoms with Gasteiger partial charge in [0.05, 0.1) is 11.6 Å². The number of aromatic nitrogens is 3. The van der Waals surface area contributed by atoms with Gasteiger partial charge in [0.25, 0.3) is 0 Å². The van der Waals surface area contributed by atoms with Crippen molar-refractivity contribution in [1.29, 1.82) is 0 Å². The Morgan fingerprint density at radius 1 is 1.25 bits per heavy atom. The van der Waals surface area contributed by atoms with E-state index in [2.05, 4.69) is 15.3 Å². The molecule has 1 aliphatic heterocycles. The number of aryl methyl sites for hydroxylation is 1. The summed E-state index contributed by atoms with van der Waals surface area (Å²) in [7, 11) is 1.90. The molecule has 24 heavy (non-hydrogen) atoms. The number of alkyl halides is 3. The van der Waals surface area contributed by atoms with Crippen LogP contribution in [0.3, 0.4) is 0 Å². The third-order valence-corrected chi connectivity index (χ3v) is 4.27. The maximum atomic E-state index is 12.7. The minimum absolute atomic E-state index is 0.127. The van der Waals surface area contributed by atoms with Gasteiger partial charge in [-0.3, -0.25) is 0 Å². The van der Waals surface area contributed by atoms with E-state index in [0.717, 1.165) is 30.9 Å². The maximum absolute atomic E-state index is 12.7. The van der Waals surface area contributed by atoms with Gasteiger partial charge in [-0.05, 0) is 30.9 Å². The molecule has 5 nitrogen and oxygen atoms in total. The zero-order chi connectivity index (χ0) is 17.2. The lowest BCUT2D eigenvalue weighted by molar-refractivity contribution is -0.137. The summed E-state index contributed by atoms with van der Waals surface area (Å²) < 4.78 is 45.3. The number of imidazole rings is 1. The van der Waals surface area contributed by atoms with Crippen LogP contribution in [0.25, 0.3) is 0 Å². The van der Waals surface area contributed by atoms with Crippen molar-refractivity contribution in [3.63, 3.8) is 0 Å². The first-order valence-corrected chi connectivity index (χ1v) is 7.80. The number of anilines is 1. The fraction of sp³-hybridized carbons (Fsp3) is 0.500. The van der Waals surface area contributed by atoms with Crippen LogP contribution in [-0.4, -0.2) is 27.7 Å². The van der Waals surface area contributed by atoms with E-state index in [9.17, 15) is 13.2 Å². The first kappa shape index (κ1) is 16.8. The number of halogens is 3. The Balaban J connectivity index is 1.82. The molecule has 1 atom stereocenters. The van der Waals surface area contributed by atoms with E-state index >= 15 is 0 Å². The molecule has 1 fully saturated rings. The lowest BCUT2D eigenvalue weighted by Crippen LogP contribution is -2.29. The van der Waals surface area contributed by atoms with Crippen molar-refractivity contribution in [2.75, 3.05) is 18.5 Å². The number of rotatable bonds is 4. The van der Waals surface area contributed by atoms with E-state index in [-0.39, 0.29) is 12.0 Å². The van der Waals surface area contributed by atoms with Crippen LogP contribution in [0.2, 0.25) is 0 Å². The number of hydrogen-bond donors (Lipinski definition) is 1. The van der Waals surface area contributed by atoms with Crippen molar-refractivity contribution in [3.05, 3.63) is 42.1 Å². The average Bonchev–Trinajstić information content (AvgIpc) is 2.99. The fourth-order valence-electron chi connectivity index (χ4n) is 2.93. The molecule has 0 aliphatic carbocycles. The van der Waals surface area contributed by atoms with E-state index in [4.69, 9.17) is 4.74 Å². The second-order valence-electron chi connectivity index (χ2n) is 5.90. The van der Waals surface area contributed by atoms with Crippen LogP contribution < -0.4 is 5.32 Å². The van der Waals surface area contributed by atoms with Crippen LogP contribution in [0.15, 0.2) is 30.7 Å². The second-order valence-corrected chi connectivity index (χ2v) is 5.90. The molecule has 1 aliphatic rings. The van der Waals surface area contributed by atoms with Gasteiger partial charge in [-0.1, -0.05) is 0 Å². The van der Waals surface area contributed by atoms with E-state index in [1.807, 2.05) is 17.8 Å². The van der Waals surface area contributed by atoms with E-state index in [1.54, 1.807) is 6.20 Å².